The summed E-state index contributed by atoms with van der Waals surface area (Å²) < 4.78 is 5.77. The smallest absolute Gasteiger partial charge is 0.226 e. The van der Waals surface area contributed by atoms with Gasteiger partial charge in [0.25, 0.3) is 0 Å². The minimum Gasteiger partial charge on any atom is -0.378 e. The molecule has 6 heteroatoms. The quantitative estimate of drug-likeness (QED) is 0.432. The number of hydrogen-bond donors (Lipinski definition) is 3. The molecular formula is C21H36N4O2. The maximum Gasteiger partial charge on any atom is 0.226 e. The first-order valence-electron chi connectivity index (χ1n) is 9.83. The van der Waals surface area contributed by atoms with Crippen molar-refractivity contribution in [1.82, 2.24) is 10.6 Å². The lowest BCUT2D eigenvalue weighted by Crippen LogP contribution is -2.38. The summed E-state index contributed by atoms with van der Waals surface area (Å²) in [5.41, 5.74) is 1.94. The molecule has 0 radical (unpaired) electrons. The number of benzene rings is 1. The normalized spacial score (nSPS) is 13.0. The van der Waals surface area contributed by atoms with Gasteiger partial charge in [0.05, 0.1) is 6.10 Å². The lowest BCUT2D eigenvalue weighted by Gasteiger charge is -2.21. The molecule has 0 aliphatic heterocycles. The summed E-state index contributed by atoms with van der Waals surface area (Å²) in [5.74, 6) is 1.26. The van der Waals surface area contributed by atoms with Crippen LogP contribution in [-0.2, 0) is 16.1 Å². The molecule has 0 fully saturated rings. The third-order valence-electron chi connectivity index (χ3n) is 4.28. The molecule has 6 nitrogen and oxygen atoms in total. The molecule has 1 aromatic rings. The van der Waals surface area contributed by atoms with Crippen LogP contribution in [0.15, 0.2) is 29.3 Å². The molecule has 152 valence electrons. The summed E-state index contributed by atoms with van der Waals surface area (Å²) in [7, 11) is 1.77. The Labute approximate surface area is 164 Å². The first-order chi connectivity index (χ1) is 12.9. The van der Waals surface area contributed by atoms with Crippen LogP contribution in [0.3, 0.4) is 0 Å². The number of amides is 1. The van der Waals surface area contributed by atoms with Crippen molar-refractivity contribution in [2.75, 3.05) is 25.5 Å². The zero-order chi connectivity index (χ0) is 20.2. The Kier molecular flexibility index (Phi) is 10.5. The predicted molar refractivity (Wildman–Crippen MR) is 113 cm³/mol. The van der Waals surface area contributed by atoms with Crippen LogP contribution in [0.5, 0.6) is 0 Å². The average Bonchev–Trinajstić information content (AvgIpc) is 2.64. The van der Waals surface area contributed by atoms with E-state index in [1.165, 1.54) is 0 Å². The average molecular weight is 377 g/mol. The van der Waals surface area contributed by atoms with Crippen LogP contribution in [0.4, 0.5) is 5.69 Å². The lowest BCUT2D eigenvalue weighted by atomic mass is 10.0. The molecule has 0 saturated carbocycles. The standard InChI is InChI=1S/C21H36N4O2/c1-7-27-19(15(2)3)12-13-23-21(22-6)24-14-17-8-10-18(11-9-17)25-20(26)16(4)5/h8-11,15-16,19H,7,12-14H2,1-6H3,(H,25,26)(H2,22,23,24). The fourth-order valence-corrected chi connectivity index (χ4v) is 2.55. The molecule has 0 aromatic heterocycles. The summed E-state index contributed by atoms with van der Waals surface area (Å²) in [4.78, 5) is 16.0. The Morgan fingerprint density at radius 2 is 1.78 bits per heavy atom. The first kappa shape index (κ1) is 23.0. The van der Waals surface area contributed by atoms with Crippen LogP contribution in [-0.4, -0.2) is 38.2 Å². The van der Waals surface area contributed by atoms with E-state index in [0.717, 1.165) is 36.8 Å². The Hall–Kier alpha value is -2.08. The highest BCUT2D eigenvalue weighted by Gasteiger charge is 2.13. The molecule has 1 atom stereocenters. The first-order valence-corrected chi connectivity index (χ1v) is 9.83. The fourth-order valence-electron chi connectivity index (χ4n) is 2.55. The highest BCUT2D eigenvalue weighted by Crippen LogP contribution is 2.11. The summed E-state index contributed by atoms with van der Waals surface area (Å²) >= 11 is 0. The van der Waals surface area contributed by atoms with Crippen molar-refractivity contribution in [3.63, 3.8) is 0 Å². The third kappa shape index (κ3) is 8.91. The Balaban J connectivity index is 2.42. The Morgan fingerprint density at radius 3 is 2.30 bits per heavy atom. The molecular weight excluding hydrogens is 340 g/mol. The molecule has 0 saturated heterocycles. The molecule has 27 heavy (non-hydrogen) atoms. The maximum absolute atomic E-state index is 11.7. The molecule has 0 bridgehead atoms. The van der Waals surface area contributed by atoms with Gasteiger partial charge in [0.1, 0.15) is 0 Å². The number of anilines is 1. The van der Waals surface area contributed by atoms with E-state index < -0.39 is 0 Å². The van der Waals surface area contributed by atoms with Crippen LogP contribution in [0.25, 0.3) is 0 Å². The van der Waals surface area contributed by atoms with E-state index in [1.807, 2.05) is 45.0 Å². The monoisotopic (exact) mass is 376 g/mol. The van der Waals surface area contributed by atoms with Gasteiger partial charge in [-0.15, -0.1) is 0 Å². The molecule has 1 rings (SSSR count). The van der Waals surface area contributed by atoms with E-state index in [9.17, 15) is 4.79 Å². The second-order valence-corrected chi connectivity index (χ2v) is 7.22. The van der Waals surface area contributed by atoms with Gasteiger partial charge in [0.2, 0.25) is 5.91 Å². The zero-order valence-electron chi connectivity index (χ0n) is 17.6. The molecule has 3 N–H and O–H groups in total. The molecule has 0 aliphatic carbocycles. The minimum absolute atomic E-state index is 0.0252. The van der Waals surface area contributed by atoms with Crippen LogP contribution >= 0.6 is 0 Å². The number of ether oxygens (including phenoxy) is 1. The van der Waals surface area contributed by atoms with Gasteiger partial charge in [0.15, 0.2) is 5.96 Å². The molecule has 1 aromatic carbocycles. The van der Waals surface area contributed by atoms with E-state index in [4.69, 9.17) is 4.74 Å². The summed E-state index contributed by atoms with van der Waals surface area (Å²) in [5, 5.41) is 9.54. The van der Waals surface area contributed by atoms with E-state index in [2.05, 4.69) is 34.8 Å². The molecule has 1 amide bonds. The van der Waals surface area contributed by atoms with Crippen LogP contribution in [0, 0.1) is 11.8 Å². The van der Waals surface area contributed by atoms with Gasteiger partial charge >= 0.3 is 0 Å². The zero-order valence-corrected chi connectivity index (χ0v) is 17.6. The number of hydrogen-bond acceptors (Lipinski definition) is 3. The predicted octanol–water partition coefficient (Wildman–Crippen LogP) is 3.40. The van der Waals surface area contributed by atoms with Crippen molar-refractivity contribution in [2.24, 2.45) is 16.8 Å². The Bertz CT molecular complexity index is 582. The van der Waals surface area contributed by atoms with Crippen molar-refractivity contribution in [3.05, 3.63) is 29.8 Å². The van der Waals surface area contributed by atoms with Gasteiger partial charge in [-0.05, 0) is 37.0 Å². The van der Waals surface area contributed by atoms with Gasteiger partial charge in [0, 0.05) is 38.3 Å². The highest BCUT2D eigenvalue weighted by molar-refractivity contribution is 5.92. The largest absolute Gasteiger partial charge is 0.378 e. The number of aliphatic imine (C=N–C) groups is 1. The van der Waals surface area contributed by atoms with Gasteiger partial charge < -0.3 is 20.7 Å². The topological polar surface area (TPSA) is 74.8 Å². The van der Waals surface area contributed by atoms with E-state index in [0.29, 0.717) is 12.5 Å². The van der Waals surface area contributed by atoms with E-state index in [-0.39, 0.29) is 17.9 Å². The summed E-state index contributed by atoms with van der Waals surface area (Å²) in [6, 6.07) is 7.84. The number of guanidine groups is 1. The van der Waals surface area contributed by atoms with Gasteiger partial charge in [-0.1, -0.05) is 39.8 Å². The van der Waals surface area contributed by atoms with Crippen LogP contribution in [0.1, 0.15) is 46.6 Å². The molecule has 1 unspecified atom stereocenters. The van der Waals surface area contributed by atoms with Crippen molar-refractivity contribution < 1.29 is 9.53 Å². The van der Waals surface area contributed by atoms with Gasteiger partial charge in [-0.25, -0.2) is 0 Å². The van der Waals surface area contributed by atoms with Crippen molar-refractivity contribution in [1.29, 1.82) is 0 Å². The van der Waals surface area contributed by atoms with Gasteiger partial charge in [-0.2, -0.15) is 0 Å². The van der Waals surface area contributed by atoms with Crippen molar-refractivity contribution in [3.8, 4) is 0 Å². The molecule has 0 heterocycles. The Morgan fingerprint density at radius 1 is 1.11 bits per heavy atom. The lowest BCUT2D eigenvalue weighted by molar-refractivity contribution is -0.118. The summed E-state index contributed by atoms with van der Waals surface area (Å²) in [6.45, 7) is 12.4. The second-order valence-electron chi connectivity index (χ2n) is 7.22. The molecule has 0 aliphatic rings. The van der Waals surface area contributed by atoms with Crippen LogP contribution < -0.4 is 16.0 Å². The number of nitrogens with zero attached hydrogens (tertiary/aromatic N) is 1. The third-order valence-corrected chi connectivity index (χ3v) is 4.28. The number of nitrogens with one attached hydrogen (secondary N) is 3. The van der Waals surface area contributed by atoms with Crippen molar-refractivity contribution >= 4 is 17.6 Å². The van der Waals surface area contributed by atoms with Crippen LogP contribution in [0.2, 0.25) is 0 Å². The number of carbonyl (C=O) groups is 1. The second kappa shape index (κ2) is 12.3. The minimum atomic E-state index is -0.0289. The number of carbonyl (C=O) groups excluding carboxylic acids is 1. The van der Waals surface area contributed by atoms with E-state index >= 15 is 0 Å². The van der Waals surface area contributed by atoms with Gasteiger partial charge in [-0.3, -0.25) is 9.79 Å². The summed E-state index contributed by atoms with van der Waals surface area (Å²) in [6.07, 6.45) is 1.20. The highest BCUT2D eigenvalue weighted by atomic mass is 16.5. The van der Waals surface area contributed by atoms with E-state index in [1.54, 1.807) is 7.05 Å². The fraction of sp³-hybridized carbons (Fsp3) is 0.619. The number of rotatable bonds is 10. The molecule has 0 spiro atoms. The SMILES string of the molecule is CCOC(CCNC(=NC)NCc1ccc(NC(=O)C(C)C)cc1)C(C)C. The van der Waals surface area contributed by atoms with Crippen molar-refractivity contribution in [2.45, 2.75) is 53.7 Å². The maximum atomic E-state index is 11.7.